The fraction of sp³-hybridized carbons (Fsp3) is 0.619. The standard InChI is InChI=1S/C21H31N3O3/c1-16-14-24(15-17(2)27-16)21(26)18-9-12-23(13-10-18)20(25)8-11-22-19-6-4-3-5-7-19/h3-7,16-18,22H,8-15H2,1-2H3/t16-,17-/m1/s1. The number of para-hydroxylation sites is 1. The summed E-state index contributed by atoms with van der Waals surface area (Å²) in [7, 11) is 0. The van der Waals surface area contributed by atoms with Crippen LogP contribution >= 0.6 is 0 Å². The van der Waals surface area contributed by atoms with E-state index in [1.165, 1.54) is 0 Å². The van der Waals surface area contributed by atoms with Gasteiger partial charge < -0.3 is 19.9 Å². The number of amides is 2. The molecule has 148 valence electrons. The van der Waals surface area contributed by atoms with E-state index >= 15 is 0 Å². The zero-order chi connectivity index (χ0) is 19.2. The molecule has 0 saturated carbocycles. The van der Waals surface area contributed by atoms with Crippen molar-refractivity contribution >= 4 is 17.5 Å². The number of hydrogen-bond donors (Lipinski definition) is 1. The number of benzene rings is 1. The lowest BCUT2D eigenvalue weighted by Gasteiger charge is -2.39. The summed E-state index contributed by atoms with van der Waals surface area (Å²) >= 11 is 0. The zero-order valence-corrected chi connectivity index (χ0v) is 16.4. The van der Waals surface area contributed by atoms with E-state index in [-0.39, 0.29) is 29.9 Å². The molecule has 2 aliphatic heterocycles. The molecule has 0 aliphatic carbocycles. The number of piperidine rings is 1. The van der Waals surface area contributed by atoms with Gasteiger partial charge in [-0.1, -0.05) is 18.2 Å². The second-order valence-electron chi connectivity index (χ2n) is 7.70. The van der Waals surface area contributed by atoms with Crippen molar-refractivity contribution in [2.24, 2.45) is 5.92 Å². The van der Waals surface area contributed by atoms with E-state index in [4.69, 9.17) is 4.74 Å². The van der Waals surface area contributed by atoms with Crippen molar-refractivity contribution < 1.29 is 14.3 Å². The first-order valence-electron chi connectivity index (χ1n) is 10.0. The molecule has 6 nitrogen and oxygen atoms in total. The average Bonchev–Trinajstić information content (AvgIpc) is 2.67. The lowest BCUT2D eigenvalue weighted by atomic mass is 9.94. The third-order valence-electron chi connectivity index (χ3n) is 5.37. The summed E-state index contributed by atoms with van der Waals surface area (Å²) in [4.78, 5) is 29.1. The van der Waals surface area contributed by atoms with Crippen molar-refractivity contribution in [2.75, 3.05) is 38.0 Å². The van der Waals surface area contributed by atoms with Crippen LogP contribution in [0.2, 0.25) is 0 Å². The molecule has 0 spiro atoms. The number of carbonyl (C=O) groups is 2. The van der Waals surface area contributed by atoms with Gasteiger partial charge in [-0.05, 0) is 38.8 Å². The Kier molecular flexibility index (Phi) is 6.72. The van der Waals surface area contributed by atoms with Gasteiger partial charge in [0.25, 0.3) is 0 Å². The van der Waals surface area contributed by atoms with E-state index in [1.807, 2.05) is 54.0 Å². The molecule has 2 saturated heterocycles. The number of anilines is 1. The minimum Gasteiger partial charge on any atom is -0.385 e. The van der Waals surface area contributed by atoms with Crippen LogP contribution in [0, 0.1) is 5.92 Å². The van der Waals surface area contributed by atoms with Crippen LogP contribution in [0.4, 0.5) is 5.69 Å². The normalized spacial score (nSPS) is 23.9. The van der Waals surface area contributed by atoms with Crippen molar-refractivity contribution in [1.29, 1.82) is 0 Å². The monoisotopic (exact) mass is 373 g/mol. The van der Waals surface area contributed by atoms with Crippen LogP contribution in [0.5, 0.6) is 0 Å². The molecule has 0 radical (unpaired) electrons. The van der Waals surface area contributed by atoms with E-state index in [9.17, 15) is 9.59 Å². The summed E-state index contributed by atoms with van der Waals surface area (Å²) in [5.74, 6) is 0.432. The molecule has 1 aromatic rings. The van der Waals surface area contributed by atoms with Crippen LogP contribution < -0.4 is 5.32 Å². The van der Waals surface area contributed by atoms with E-state index < -0.39 is 0 Å². The van der Waals surface area contributed by atoms with Crippen LogP contribution in [0.3, 0.4) is 0 Å². The van der Waals surface area contributed by atoms with Gasteiger partial charge in [0.05, 0.1) is 12.2 Å². The van der Waals surface area contributed by atoms with Crippen LogP contribution in [-0.2, 0) is 14.3 Å². The zero-order valence-electron chi connectivity index (χ0n) is 16.4. The van der Waals surface area contributed by atoms with Crippen LogP contribution in [0.25, 0.3) is 0 Å². The molecule has 0 aromatic heterocycles. The number of hydrogen-bond acceptors (Lipinski definition) is 4. The quantitative estimate of drug-likeness (QED) is 0.861. The summed E-state index contributed by atoms with van der Waals surface area (Å²) in [5.41, 5.74) is 1.03. The van der Waals surface area contributed by atoms with E-state index in [1.54, 1.807) is 0 Å². The van der Waals surface area contributed by atoms with Gasteiger partial charge >= 0.3 is 0 Å². The first-order chi connectivity index (χ1) is 13.0. The van der Waals surface area contributed by atoms with E-state index in [0.717, 1.165) is 18.5 Å². The highest BCUT2D eigenvalue weighted by atomic mass is 16.5. The second-order valence-corrected chi connectivity index (χ2v) is 7.70. The SMILES string of the molecule is C[C@@H]1CN(C(=O)C2CCN(C(=O)CCNc3ccccc3)CC2)C[C@@H](C)O1. The molecule has 2 aliphatic rings. The Bertz CT molecular complexity index is 619. The third kappa shape index (κ3) is 5.45. The molecule has 2 fully saturated rings. The number of likely N-dealkylation sites (tertiary alicyclic amines) is 1. The van der Waals surface area contributed by atoms with Crippen molar-refractivity contribution in [1.82, 2.24) is 9.80 Å². The first kappa shape index (κ1) is 19.7. The number of ether oxygens (including phenoxy) is 1. The Hall–Kier alpha value is -2.08. The molecule has 6 heteroatoms. The summed E-state index contributed by atoms with van der Waals surface area (Å²) in [6, 6.07) is 9.91. The molecule has 2 amide bonds. The predicted octanol–water partition coefficient (Wildman–Crippen LogP) is 2.36. The Morgan fingerprint density at radius 2 is 1.67 bits per heavy atom. The fourth-order valence-electron chi connectivity index (χ4n) is 4.02. The minimum absolute atomic E-state index is 0.0361. The average molecular weight is 373 g/mol. The maximum Gasteiger partial charge on any atom is 0.225 e. The number of nitrogens with one attached hydrogen (secondary N) is 1. The topological polar surface area (TPSA) is 61.9 Å². The molecule has 27 heavy (non-hydrogen) atoms. The number of nitrogens with zero attached hydrogens (tertiary/aromatic N) is 2. The molecule has 1 N–H and O–H groups in total. The van der Waals surface area contributed by atoms with Crippen molar-refractivity contribution in [3.63, 3.8) is 0 Å². The van der Waals surface area contributed by atoms with Gasteiger partial charge in [-0.3, -0.25) is 9.59 Å². The largest absolute Gasteiger partial charge is 0.385 e. The predicted molar refractivity (Wildman–Crippen MR) is 105 cm³/mol. The summed E-state index contributed by atoms with van der Waals surface area (Å²) in [6.07, 6.45) is 2.19. The van der Waals surface area contributed by atoms with Gasteiger partial charge in [0.1, 0.15) is 0 Å². The lowest BCUT2D eigenvalue weighted by Crippen LogP contribution is -2.51. The van der Waals surface area contributed by atoms with Gasteiger partial charge in [-0.25, -0.2) is 0 Å². The third-order valence-corrected chi connectivity index (χ3v) is 5.37. The highest BCUT2D eigenvalue weighted by Crippen LogP contribution is 2.22. The lowest BCUT2D eigenvalue weighted by molar-refractivity contribution is -0.150. The molecule has 2 atom stereocenters. The van der Waals surface area contributed by atoms with Crippen LogP contribution in [0.15, 0.2) is 30.3 Å². The molecule has 0 unspecified atom stereocenters. The van der Waals surface area contributed by atoms with Crippen LogP contribution in [0.1, 0.15) is 33.1 Å². The second kappa shape index (κ2) is 9.22. The summed E-state index contributed by atoms with van der Waals surface area (Å²) in [5, 5.41) is 3.27. The Morgan fingerprint density at radius 1 is 1.04 bits per heavy atom. The van der Waals surface area contributed by atoms with Gasteiger partial charge in [0, 0.05) is 50.7 Å². The summed E-state index contributed by atoms with van der Waals surface area (Å²) in [6.45, 7) is 7.36. The molecule has 2 heterocycles. The highest BCUT2D eigenvalue weighted by molar-refractivity contribution is 5.80. The number of rotatable bonds is 5. The number of morpholine rings is 1. The van der Waals surface area contributed by atoms with Gasteiger partial charge in [-0.2, -0.15) is 0 Å². The smallest absolute Gasteiger partial charge is 0.225 e. The van der Waals surface area contributed by atoms with E-state index in [0.29, 0.717) is 39.1 Å². The van der Waals surface area contributed by atoms with Gasteiger partial charge in [0.2, 0.25) is 11.8 Å². The first-order valence-corrected chi connectivity index (χ1v) is 10.0. The fourth-order valence-corrected chi connectivity index (χ4v) is 4.02. The Labute approximate surface area is 161 Å². The maximum absolute atomic E-state index is 12.8. The Balaban J connectivity index is 1.40. The van der Waals surface area contributed by atoms with Crippen molar-refractivity contribution in [3.8, 4) is 0 Å². The molecule has 1 aromatic carbocycles. The Morgan fingerprint density at radius 3 is 2.30 bits per heavy atom. The molecular weight excluding hydrogens is 342 g/mol. The summed E-state index contributed by atoms with van der Waals surface area (Å²) < 4.78 is 5.72. The number of carbonyl (C=O) groups excluding carboxylic acids is 2. The van der Waals surface area contributed by atoms with Gasteiger partial charge in [0.15, 0.2) is 0 Å². The molecule has 3 rings (SSSR count). The van der Waals surface area contributed by atoms with Crippen molar-refractivity contribution in [3.05, 3.63) is 30.3 Å². The molecule has 0 bridgehead atoms. The van der Waals surface area contributed by atoms with Gasteiger partial charge in [-0.15, -0.1) is 0 Å². The minimum atomic E-state index is 0.0361. The molecular formula is C21H31N3O3. The van der Waals surface area contributed by atoms with Crippen molar-refractivity contribution in [2.45, 2.75) is 45.3 Å². The maximum atomic E-state index is 12.8. The highest BCUT2D eigenvalue weighted by Gasteiger charge is 2.33. The van der Waals surface area contributed by atoms with Crippen LogP contribution in [-0.4, -0.2) is 66.5 Å². The van der Waals surface area contributed by atoms with E-state index in [2.05, 4.69) is 5.32 Å².